The highest BCUT2D eigenvalue weighted by molar-refractivity contribution is 5.97. The number of carbonyl (C=O) groups is 1. The Kier molecular flexibility index (Phi) is 3.11. The molecule has 3 rings (SSSR count). The molecule has 0 spiro atoms. The molecule has 0 radical (unpaired) electrons. The zero-order valence-electron chi connectivity index (χ0n) is 11.0. The largest absolute Gasteiger partial charge is 0.294 e. The molecule has 0 bridgehead atoms. The van der Waals surface area contributed by atoms with Gasteiger partial charge in [-0.25, -0.2) is 9.97 Å². The highest BCUT2D eigenvalue weighted by atomic mass is 16.1. The average molecular weight is 256 g/mol. The lowest BCUT2D eigenvalue weighted by atomic mass is 9.96. The maximum Gasteiger partial charge on any atom is 0.166 e. The van der Waals surface area contributed by atoms with E-state index >= 15 is 0 Å². The number of rotatable bonds is 3. The molecule has 0 fully saturated rings. The molecular weight excluding hydrogens is 240 g/mol. The second-order valence-corrected chi connectivity index (χ2v) is 4.82. The van der Waals surface area contributed by atoms with E-state index in [1.165, 1.54) is 0 Å². The Bertz CT molecular complexity index is 618. The SMILES string of the molecule is CCCn1cc(-c2ncc3c(n2)CCCC3=O)cn1. The van der Waals surface area contributed by atoms with Gasteiger partial charge in [-0.15, -0.1) is 0 Å². The van der Waals surface area contributed by atoms with Crippen LogP contribution in [0.15, 0.2) is 18.6 Å². The fourth-order valence-corrected chi connectivity index (χ4v) is 2.36. The Hall–Kier alpha value is -2.04. The van der Waals surface area contributed by atoms with Gasteiger partial charge >= 0.3 is 0 Å². The van der Waals surface area contributed by atoms with Crippen molar-refractivity contribution in [1.29, 1.82) is 0 Å². The molecule has 1 aliphatic rings. The maximum atomic E-state index is 11.7. The van der Waals surface area contributed by atoms with Crippen molar-refractivity contribution in [3.63, 3.8) is 0 Å². The van der Waals surface area contributed by atoms with Crippen molar-refractivity contribution in [2.75, 3.05) is 0 Å². The summed E-state index contributed by atoms with van der Waals surface area (Å²) in [6, 6.07) is 0. The summed E-state index contributed by atoms with van der Waals surface area (Å²) in [6.45, 7) is 3.01. The van der Waals surface area contributed by atoms with Crippen LogP contribution in [-0.4, -0.2) is 25.5 Å². The summed E-state index contributed by atoms with van der Waals surface area (Å²) in [7, 11) is 0. The fourth-order valence-electron chi connectivity index (χ4n) is 2.36. The van der Waals surface area contributed by atoms with Gasteiger partial charge in [0, 0.05) is 25.4 Å². The number of hydrogen-bond acceptors (Lipinski definition) is 4. The predicted octanol–water partition coefficient (Wildman–Crippen LogP) is 2.27. The summed E-state index contributed by atoms with van der Waals surface area (Å²) in [5.41, 5.74) is 2.48. The van der Waals surface area contributed by atoms with Crippen LogP contribution in [0, 0.1) is 0 Å². The van der Waals surface area contributed by atoms with Crippen LogP contribution in [0.1, 0.15) is 42.2 Å². The van der Waals surface area contributed by atoms with E-state index in [-0.39, 0.29) is 5.78 Å². The first-order chi connectivity index (χ1) is 9.28. The van der Waals surface area contributed by atoms with E-state index in [0.29, 0.717) is 17.8 Å². The molecule has 0 aliphatic heterocycles. The Morgan fingerprint density at radius 2 is 2.21 bits per heavy atom. The smallest absolute Gasteiger partial charge is 0.166 e. The molecule has 0 N–H and O–H groups in total. The number of fused-ring (bicyclic) bond motifs is 1. The second-order valence-electron chi connectivity index (χ2n) is 4.82. The summed E-state index contributed by atoms with van der Waals surface area (Å²) in [4.78, 5) is 20.5. The molecule has 98 valence electrons. The van der Waals surface area contributed by atoms with Crippen LogP contribution in [0.5, 0.6) is 0 Å². The van der Waals surface area contributed by atoms with Gasteiger partial charge in [0.2, 0.25) is 0 Å². The number of aromatic nitrogens is 4. The third-order valence-electron chi connectivity index (χ3n) is 3.33. The second kappa shape index (κ2) is 4.91. The first-order valence-corrected chi connectivity index (χ1v) is 6.70. The minimum Gasteiger partial charge on any atom is -0.294 e. The fraction of sp³-hybridized carbons (Fsp3) is 0.429. The monoisotopic (exact) mass is 256 g/mol. The lowest BCUT2D eigenvalue weighted by Gasteiger charge is -2.13. The molecule has 1 aliphatic carbocycles. The van der Waals surface area contributed by atoms with Gasteiger partial charge in [0.15, 0.2) is 11.6 Å². The van der Waals surface area contributed by atoms with E-state index in [1.54, 1.807) is 12.4 Å². The molecule has 2 aromatic heterocycles. The Morgan fingerprint density at radius 3 is 3.05 bits per heavy atom. The highest BCUT2D eigenvalue weighted by Crippen LogP contribution is 2.22. The van der Waals surface area contributed by atoms with Gasteiger partial charge < -0.3 is 0 Å². The lowest BCUT2D eigenvalue weighted by Crippen LogP contribution is -2.13. The number of nitrogens with zero attached hydrogens (tertiary/aromatic N) is 4. The molecule has 5 nitrogen and oxygen atoms in total. The maximum absolute atomic E-state index is 11.7. The molecule has 0 amide bonds. The first kappa shape index (κ1) is 12.0. The molecule has 0 unspecified atom stereocenters. The molecule has 0 atom stereocenters. The average Bonchev–Trinajstić information content (AvgIpc) is 2.88. The number of carbonyl (C=O) groups excluding carboxylic acids is 1. The van der Waals surface area contributed by atoms with Crippen LogP contribution < -0.4 is 0 Å². The van der Waals surface area contributed by atoms with E-state index < -0.39 is 0 Å². The Morgan fingerprint density at radius 1 is 1.32 bits per heavy atom. The van der Waals surface area contributed by atoms with Crippen LogP contribution in [0.25, 0.3) is 11.4 Å². The van der Waals surface area contributed by atoms with Crippen molar-refractivity contribution in [3.05, 3.63) is 29.8 Å². The molecule has 0 saturated carbocycles. The van der Waals surface area contributed by atoms with Gasteiger partial charge in [-0.3, -0.25) is 9.48 Å². The van der Waals surface area contributed by atoms with Crippen molar-refractivity contribution in [1.82, 2.24) is 19.7 Å². The van der Waals surface area contributed by atoms with E-state index in [4.69, 9.17) is 0 Å². The first-order valence-electron chi connectivity index (χ1n) is 6.70. The molecule has 2 aromatic rings. The van der Waals surface area contributed by atoms with Gasteiger partial charge in [0.25, 0.3) is 0 Å². The molecular formula is C14H16N4O. The summed E-state index contributed by atoms with van der Waals surface area (Å²) < 4.78 is 1.89. The van der Waals surface area contributed by atoms with E-state index in [0.717, 1.165) is 37.1 Å². The van der Waals surface area contributed by atoms with Crippen LogP contribution in [0.3, 0.4) is 0 Å². The van der Waals surface area contributed by atoms with Crippen LogP contribution >= 0.6 is 0 Å². The van der Waals surface area contributed by atoms with Gasteiger partial charge in [0.05, 0.1) is 23.0 Å². The lowest BCUT2D eigenvalue weighted by molar-refractivity contribution is 0.0971. The Balaban J connectivity index is 1.94. The van der Waals surface area contributed by atoms with Crippen LogP contribution in [0.2, 0.25) is 0 Å². The van der Waals surface area contributed by atoms with Gasteiger partial charge in [-0.1, -0.05) is 6.92 Å². The molecule has 5 heteroatoms. The standard InChI is InChI=1S/C14H16N4O/c1-2-6-18-9-10(7-16-18)14-15-8-11-12(17-14)4-3-5-13(11)19/h7-9H,2-6H2,1H3. The van der Waals surface area contributed by atoms with Gasteiger partial charge in [-0.05, 0) is 19.3 Å². The van der Waals surface area contributed by atoms with Crippen molar-refractivity contribution < 1.29 is 4.79 Å². The molecule has 19 heavy (non-hydrogen) atoms. The summed E-state index contributed by atoms with van der Waals surface area (Å²) in [6.07, 6.45) is 8.80. The number of ketones is 1. The highest BCUT2D eigenvalue weighted by Gasteiger charge is 2.19. The molecule has 0 saturated heterocycles. The number of Topliss-reactive ketones (excluding diaryl/α,β-unsaturated/α-hetero) is 1. The minimum absolute atomic E-state index is 0.162. The van der Waals surface area contributed by atoms with E-state index in [2.05, 4.69) is 22.0 Å². The zero-order valence-corrected chi connectivity index (χ0v) is 11.0. The summed E-state index contributed by atoms with van der Waals surface area (Å²) >= 11 is 0. The minimum atomic E-state index is 0.162. The Labute approximate surface area is 111 Å². The third-order valence-corrected chi connectivity index (χ3v) is 3.33. The van der Waals surface area contributed by atoms with Crippen molar-refractivity contribution in [2.45, 2.75) is 39.2 Å². The predicted molar refractivity (Wildman–Crippen MR) is 70.8 cm³/mol. The van der Waals surface area contributed by atoms with Crippen molar-refractivity contribution in [3.8, 4) is 11.4 Å². The molecule has 0 aromatic carbocycles. The normalized spacial score (nSPS) is 14.5. The van der Waals surface area contributed by atoms with Crippen molar-refractivity contribution in [2.24, 2.45) is 0 Å². The summed E-state index contributed by atoms with van der Waals surface area (Å²) in [5.74, 6) is 0.824. The zero-order chi connectivity index (χ0) is 13.2. The van der Waals surface area contributed by atoms with Gasteiger partial charge in [0.1, 0.15) is 0 Å². The summed E-state index contributed by atoms with van der Waals surface area (Å²) in [5, 5.41) is 4.28. The van der Waals surface area contributed by atoms with Crippen LogP contribution in [-0.2, 0) is 13.0 Å². The van der Waals surface area contributed by atoms with E-state index in [1.807, 2.05) is 10.9 Å². The number of hydrogen-bond donors (Lipinski definition) is 0. The van der Waals surface area contributed by atoms with E-state index in [9.17, 15) is 4.79 Å². The topological polar surface area (TPSA) is 60.7 Å². The molecule has 2 heterocycles. The van der Waals surface area contributed by atoms with Crippen molar-refractivity contribution >= 4 is 5.78 Å². The number of aryl methyl sites for hydroxylation is 2. The van der Waals surface area contributed by atoms with Crippen LogP contribution in [0.4, 0.5) is 0 Å². The third kappa shape index (κ3) is 2.28. The van der Waals surface area contributed by atoms with Gasteiger partial charge in [-0.2, -0.15) is 5.10 Å². The quantitative estimate of drug-likeness (QED) is 0.845.